The fourth-order valence-electron chi connectivity index (χ4n) is 3.26. The highest BCUT2D eigenvalue weighted by Crippen LogP contribution is 2.33. The molecule has 7 heteroatoms. The molecule has 30 heavy (non-hydrogen) atoms. The number of esters is 1. The topological polar surface area (TPSA) is 53.4 Å². The molecule has 2 aromatic carbocycles. The number of aromatic nitrogens is 2. The average Bonchev–Trinajstić information content (AvgIpc) is 3.18. The quantitative estimate of drug-likeness (QED) is 0.318. The Bertz CT molecular complexity index is 1020. The molecule has 1 heterocycles. The summed E-state index contributed by atoms with van der Waals surface area (Å²) in [5.74, 6) is 1.13. The lowest BCUT2D eigenvalue weighted by atomic mass is 10.0. The predicted molar refractivity (Wildman–Crippen MR) is 121 cm³/mol. The zero-order chi connectivity index (χ0) is 21.7. The van der Waals surface area contributed by atoms with Gasteiger partial charge in [-0.1, -0.05) is 54.6 Å². The van der Waals surface area contributed by atoms with Gasteiger partial charge in [0, 0.05) is 10.8 Å². The smallest absolute Gasteiger partial charge is 0.356 e. The Morgan fingerprint density at radius 1 is 1.20 bits per heavy atom. The van der Waals surface area contributed by atoms with E-state index in [2.05, 4.69) is 11.9 Å². The van der Waals surface area contributed by atoms with Gasteiger partial charge in [0.25, 0.3) is 0 Å². The second-order valence-corrected chi connectivity index (χ2v) is 8.21. The van der Waals surface area contributed by atoms with E-state index in [-0.39, 0.29) is 6.04 Å². The number of nitrogens with zero attached hydrogens (tertiary/aromatic N) is 2. The van der Waals surface area contributed by atoms with E-state index in [1.54, 1.807) is 25.1 Å². The summed E-state index contributed by atoms with van der Waals surface area (Å²) in [6.45, 7) is 4.05. The van der Waals surface area contributed by atoms with Gasteiger partial charge in [-0.2, -0.15) is 0 Å². The number of carbonyl (C=O) groups is 1. The van der Waals surface area contributed by atoms with Crippen LogP contribution in [-0.4, -0.2) is 29.7 Å². The Kier molecular flexibility index (Phi) is 7.45. The van der Waals surface area contributed by atoms with E-state index < -0.39 is 5.97 Å². The van der Waals surface area contributed by atoms with Crippen molar-refractivity contribution in [3.63, 3.8) is 0 Å². The zero-order valence-electron chi connectivity index (χ0n) is 17.5. The van der Waals surface area contributed by atoms with E-state index in [0.29, 0.717) is 16.5 Å². The molecule has 0 aliphatic carbocycles. The lowest BCUT2D eigenvalue weighted by Crippen LogP contribution is -2.18. The Labute approximate surface area is 186 Å². The molecule has 5 nitrogen and oxygen atoms in total. The SMILES string of the molecule is CCC(c1ccc(C)c(Cl)c1)n1c(C(=O)OC)cnc1SCc1ccc(OC)cc1. The molecule has 1 aromatic heterocycles. The third-order valence-electron chi connectivity index (χ3n) is 4.96. The van der Waals surface area contributed by atoms with Crippen molar-refractivity contribution in [3.05, 3.63) is 76.1 Å². The highest BCUT2D eigenvalue weighted by Gasteiger charge is 2.24. The molecular formula is C23H25ClN2O3S. The van der Waals surface area contributed by atoms with Crippen molar-refractivity contribution in [1.29, 1.82) is 0 Å². The van der Waals surface area contributed by atoms with Crippen LogP contribution in [0.3, 0.4) is 0 Å². The van der Waals surface area contributed by atoms with Crippen LogP contribution in [0.4, 0.5) is 0 Å². The number of aryl methyl sites for hydroxylation is 1. The largest absolute Gasteiger partial charge is 0.497 e. The van der Waals surface area contributed by atoms with E-state index in [0.717, 1.165) is 34.0 Å². The Morgan fingerprint density at radius 3 is 2.53 bits per heavy atom. The van der Waals surface area contributed by atoms with Crippen LogP contribution in [0.5, 0.6) is 5.75 Å². The van der Waals surface area contributed by atoms with Gasteiger partial charge >= 0.3 is 5.97 Å². The second kappa shape index (κ2) is 10.0. The number of thioether (sulfide) groups is 1. The summed E-state index contributed by atoms with van der Waals surface area (Å²) in [5.41, 5.74) is 3.62. The third-order valence-corrected chi connectivity index (χ3v) is 6.41. The minimum atomic E-state index is -0.407. The first-order valence-corrected chi connectivity index (χ1v) is 11.0. The van der Waals surface area contributed by atoms with Crippen LogP contribution >= 0.6 is 23.4 Å². The molecule has 1 atom stereocenters. The Balaban J connectivity index is 1.96. The summed E-state index contributed by atoms with van der Waals surface area (Å²) in [7, 11) is 3.03. The molecule has 0 fully saturated rings. The molecular weight excluding hydrogens is 420 g/mol. The maximum Gasteiger partial charge on any atom is 0.356 e. The van der Waals surface area contributed by atoms with Gasteiger partial charge in [-0.05, 0) is 48.2 Å². The first-order valence-electron chi connectivity index (χ1n) is 9.65. The van der Waals surface area contributed by atoms with Crippen molar-refractivity contribution in [2.24, 2.45) is 0 Å². The van der Waals surface area contributed by atoms with E-state index in [1.165, 1.54) is 7.11 Å². The standard InChI is InChI=1S/C23H25ClN2O3S/c1-5-20(17-9-6-15(2)19(24)12-17)26-21(22(27)29-4)13-25-23(26)30-14-16-7-10-18(28-3)11-8-16/h6-13,20H,5,14H2,1-4H3. The molecule has 0 N–H and O–H groups in total. The monoisotopic (exact) mass is 444 g/mol. The first-order chi connectivity index (χ1) is 14.5. The molecule has 1 unspecified atom stereocenters. The highest BCUT2D eigenvalue weighted by molar-refractivity contribution is 7.98. The molecule has 3 rings (SSSR count). The summed E-state index contributed by atoms with van der Waals surface area (Å²) in [6.07, 6.45) is 2.36. The minimum Gasteiger partial charge on any atom is -0.497 e. The van der Waals surface area contributed by atoms with Gasteiger partial charge in [-0.25, -0.2) is 9.78 Å². The van der Waals surface area contributed by atoms with Gasteiger partial charge in [-0.15, -0.1) is 0 Å². The van der Waals surface area contributed by atoms with E-state index in [1.807, 2.05) is 54.0 Å². The molecule has 0 amide bonds. The molecule has 0 saturated heterocycles. The summed E-state index contributed by atoms with van der Waals surface area (Å²) < 4.78 is 12.2. The second-order valence-electron chi connectivity index (χ2n) is 6.86. The molecule has 0 radical (unpaired) electrons. The van der Waals surface area contributed by atoms with Crippen LogP contribution in [0.15, 0.2) is 53.8 Å². The molecule has 0 bridgehead atoms. The summed E-state index contributed by atoms with van der Waals surface area (Å²) in [4.78, 5) is 17.0. The van der Waals surface area contributed by atoms with Crippen LogP contribution in [0, 0.1) is 6.92 Å². The van der Waals surface area contributed by atoms with Gasteiger partial charge in [0.1, 0.15) is 11.4 Å². The number of carbonyl (C=O) groups excluding carboxylic acids is 1. The molecule has 0 spiro atoms. The molecule has 0 aliphatic heterocycles. The van der Waals surface area contributed by atoms with Gasteiger partial charge in [0.2, 0.25) is 0 Å². The van der Waals surface area contributed by atoms with Gasteiger partial charge in [0.15, 0.2) is 5.16 Å². The maximum atomic E-state index is 12.4. The number of ether oxygens (including phenoxy) is 2. The van der Waals surface area contributed by atoms with Gasteiger partial charge in [0.05, 0.1) is 26.5 Å². The zero-order valence-corrected chi connectivity index (χ0v) is 19.1. The van der Waals surface area contributed by atoms with Crippen molar-refractivity contribution in [2.45, 2.75) is 37.2 Å². The van der Waals surface area contributed by atoms with E-state index in [9.17, 15) is 4.79 Å². The van der Waals surface area contributed by atoms with Crippen LogP contribution in [0.2, 0.25) is 5.02 Å². The van der Waals surface area contributed by atoms with Crippen molar-refractivity contribution < 1.29 is 14.3 Å². The summed E-state index contributed by atoms with van der Waals surface area (Å²) >= 11 is 7.96. The highest BCUT2D eigenvalue weighted by atomic mass is 35.5. The van der Waals surface area contributed by atoms with E-state index in [4.69, 9.17) is 21.1 Å². The van der Waals surface area contributed by atoms with Crippen molar-refractivity contribution in [2.75, 3.05) is 14.2 Å². The first kappa shape index (κ1) is 22.2. The van der Waals surface area contributed by atoms with Gasteiger partial charge in [-0.3, -0.25) is 0 Å². The van der Waals surface area contributed by atoms with Crippen LogP contribution in [0.25, 0.3) is 0 Å². The molecule has 0 saturated carbocycles. The van der Waals surface area contributed by atoms with Crippen LogP contribution < -0.4 is 4.74 Å². The van der Waals surface area contributed by atoms with E-state index >= 15 is 0 Å². The molecule has 158 valence electrons. The lowest BCUT2D eigenvalue weighted by Gasteiger charge is -2.22. The van der Waals surface area contributed by atoms with Crippen LogP contribution in [0.1, 0.15) is 46.6 Å². The third kappa shape index (κ3) is 4.82. The fourth-order valence-corrected chi connectivity index (χ4v) is 4.43. The maximum absolute atomic E-state index is 12.4. The number of imidazole rings is 1. The number of hydrogen-bond acceptors (Lipinski definition) is 5. The number of benzene rings is 2. The minimum absolute atomic E-state index is 0.0851. The van der Waals surface area contributed by atoms with Crippen molar-refractivity contribution in [1.82, 2.24) is 9.55 Å². The fraction of sp³-hybridized carbons (Fsp3) is 0.304. The predicted octanol–water partition coefficient (Wildman–Crippen LogP) is 5.93. The lowest BCUT2D eigenvalue weighted by molar-refractivity contribution is 0.0585. The Morgan fingerprint density at radius 2 is 1.93 bits per heavy atom. The molecule has 3 aromatic rings. The van der Waals surface area contributed by atoms with Crippen LogP contribution in [-0.2, 0) is 10.5 Å². The number of hydrogen-bond donors (Lipinski definition) is 0. The van der Waals surface area contributed by atoms with Crippen molar-refractivity contribution >= 4 is 29.3 Å². The van der Waals surface area contributed by atoms with Crippen molar-refractivity contribution in [3.8, 4) is 5.75 Å². The summed E-state index contributed by atoms with van der Waals surface area (Å²) in [5, 5.41) is 1.47. The van der Waals surface area contributed by atoms with Gasteiger partial charge < -0.3 is 14.0 Å². The number of rotatable bonds is 8. The number of halogens is 1. The molecule has 0 aliphatic rings. The average molecular weight is 445 g/mol. The normalized spacial score (nSPS) is 11.9. The number of methoxy groups -OCH3 is 2. The summed E-state index contributed by atoms with van der Waals surface area (Å²) in [6, 6.07) is 13.8. The Hall–Kier alpha value is -2.44.